The van der Waals surface area contributed by atoms with Crippen molar-refractivity contribution in [2.24, 2.45) is 5.92 Å². The summed E-state index contributed by atoms with van der Waals surface area (Å²) >= 11 is 7.35. The van der Waals surface area contributed by atoms with Gasteiger partial charge in [-0.2, -0.15) is 0 Å². The Kier molecular flexibility index (Phi) is 5.33. The lowest BCUT2D eigenvalue weighted by Gasteiger charge is -2.41. The minimum atomic E-state index is -1.29. The average molecular weight is 327 g/mol. The number of alkyl halides is 1. The molecule has 3 unspecified atom stereocenters. The second-order valence-corrected chi connectivity index (χ2v) is 7.39. The highest BCUT2D eigenvalue weighted by atomic mass is 35.5. The molecule has 21 heavy (non-hydrogen) atoms. The molecular weight excluding hydrogens is 308 g/mol. The summed E-state index contributed by atoms with van der Waals surface area (Å²) in [5.74, 6) is -1.23. The maximum atomic E-state index is 12.2. The second kappa shape index (κ2) is 6.84. The number of hydrogen-bond acceptors (Lipinski definition) is 3. The molecule has 1 aromatic rings. The Bertz CT molecular complexity index is 520. The molecule has 1 N–H and O–H groups in total. The van der Waals surface area contributed by atoms with Crippen LogP contribution in [0.3, 0.4) is 0 Å². The molecule has 0 amide bonds. The predicted octanol–water partition coefficient (Wildman–Crippen LogP) is 4.04. The molecular formula is C16H19ClO3S. The van der Waals surface area contributed by atoms with Gasteiger partial charge in [-0.3, -0.25) is 9.59 Å². The molecule has 0 bridgehead atoms. The van der Waals surface area contributed by atoms with E-state index >= 15 is 0 Å². The smallest absolute Gasteiger partial charge is 0.325 e. The molecule has 5 heteroatoms. The molecule has 1 fully saturated rings. The van der Waals surface area contributed by atoms with Crippen molar-refractivity contribution in [3.8, 4) is 0 Å². The third-order valence-corrected chi connectivity index (χ3v) is 5.87. The molecule has 3 nitrogen and oxygen atoms in total. The zero-order valence-corrected chi connectivity index (χ0v) is 13.5. The van der Waals surface area contributed by atoms with Crippen LogP contribution in [0.4, 0.5) is 0 Å². The molecule has 0 radical (unpaired) electrons. The molecule has 1 aliphatic carbocycles. The van der Waals surface area contributed by atoms with E-state index in [9.17, 15) is 14.7 Å². The normalized spacial score (nSPS) is 25.0. The van der Waals surface area contributed by atoms with Gasteiger partial charge in [-0.1, -0.05) is 54.9 Å². The predicted molar refractivity (Wildman–Crippen MR) is 85.6 cm³/mol. The van der Waals surface area contributed by atoms with Gasteiger partial charge in [0.05, 0.1) is 0 Å². The summed E-state index contributed by atoms with van der Waals surface area (Å²) in [4.78, 5) is 23.9. The number of rotatable bonds is 4. The minimum absolute atomic E-state index is 0.198. The average Bonchev–Trinajstić information content (AvgIpc) is 2.46. The molecule has 0 heterocycles. The van der Waals surface area contributed by atoms with Crippen molar-refractivity contribution >= 4 is 34.4 Å². The standard InChI is InChI=1S/C16H19ClO3S/c1-11(18)21-16(15(19)20,12-7-3-2-4-8-12)13-9-5-6-10-14(13)17/h2-4,7-8,13-14H,5-6,9-10H2,1H3,(H,19,20). The quantitative estimate of drug-likeness (QED) is 0.848. The van der Waals surface area contributed by atoms with E-state index in [4.69, 9.17) is 11.6 Å². The van der Waals surface area contributed by atoms with Crippen molar-refractivity contribution in [2.45, 2.75) is 42.7 Å². The Balaban J connectivity index is 2.55. The van der Waals surface area contributed by atoms with Gasteiger partial charge in [-0.25, -0.2) is 0 Å². The van der Waals surface area contributed by atoms with Crippen LogP contribution in [0.15, 0.2) is 30.3 Å². The first-order valence-electron chi connectivity index (χ1n) is 7.11. The van der Waals surface area contributed by atoms with Crippen LogP contribution in [0.1, 0.15) is 38.2 Å². The first-order chi connectivity index (χ1) is 9.98. The number of thioether (sulfide) groups is 1. The summed E-state index contributed by atoms with van der Waals surface area (Å²) in [6.07, 6.45) is 3.50. The molecule has 3 atom stereocenters. The fourth-order valence-electron chi connectivity index (χ4n) is 3.13. The van der Waals surface area contributed by atoms with Crippen LogP contribution in [0, 0.1) is 5.92 Å². The van der Waals surface area contributed by atoms with Crippen LogP contribution in [-0.2, 0) is 14.3 Å². The Morgan fingerprint density at radius 2 is 1.86 bits per heavy atom. The van der Waals surface area contributed by atoms with Gasteiger partial charge in [0, 0.05) is 18.2 Å². The van der Waals surface area contributed by atoms with Crippen molar-refractivity contribution in [3.05, 3.63) is 35.9 Å². The largest absolute Gasteiger partial charge is 0.480 e. The van der Waals surface area contributed by atoms with E-state index in [0.29, 0.717) is 5.56 Å². The Morgan fingerprint density at radius 1 is 1.24 bits per heavy atom. The van der Waals surface area contributed by atoms with E-state index in [1.54, 1.807) is 24.3 Å². The van der Waals surface area contributed by atoms with Crippen molar-refractivity contribution in [2.75, 3.05) is 0 Å². The highest BCUT2D eigenvalue weighted by molar-refractivity contribution is 8.14. The van der Waals surface area contributed by atoms with Crippen LogP contribution < -0.4 is 0 Å². The van der Waals surface area contributed by atoms with Crippen LogP contribution in [0.25, 0.3) is 0 Å². The summed E-state index contributed by atoms with van der Waals surface area (Å²) in [5, 5.41) is 9.55. The van der Waals surface area contributed by atoms with Crippen molar-refractivity contribution < 1.29 is 14.7 Å². The van der Waals surface area contributed by atoms with E-state index in [0.717, 1.165) is 37.4 Å². The molecule has 2 rings (SSSR count). The van der Waals surface area contributed by atoms with E-state index in [2.05, 4.69) is 0 Å². The highest BCUT2D eigenvalue weighted by Crippen LogP contribution is 2.50. The highest BCUT2D eigenvalue weighted by Gasteiger charge is 2.52. The number of aliphatic carboxylic acids is 1. The van der Waals surface area contributed by atoms with Crippen LogP contribution in [0.5, 0.6) is 0 Å². The summed E-state index contributed by atoms with van der Waals surface area (Å²) in [7, 11) is 0. The number of carbonyl (C=O) groups excluding carboxylic acids is 1. The molecule has 0 spiro atoms. The lowest BCUT2D eigenvalue weighted by Crippen LogP contribution is -2.46. The first-order valence-corrected chi connectivity index (χ1v) is 8.36. The van der Waals surface area contributed by atoms with Crippen LogP contribution in [0.2, 0.25) is 0 Å². The molecule has 1 aliphatic rings. The van der Waals surface area contributed by atoms with E-state index in [-0.39, 0.29) is 16.4 Å². The second-order valence-electron chi connectivity index (χ2n) is 5.41. The van der Waals surface area contributed by atoms with Crippen molar-refractivity contribution in [1.82, 2.24) is 0 Å². The molecule has 0 aromatic heterocycles. The number of carboxylic acid groups (broad SMARTS) is 1. The van der Waals surface area contributed by atoms with E-state index in [1.807, 2.05) is 6.07 Å². The number of halogens is 1. The molecule has 114 valence electrons. The molecule has 1 saturated carbocycles. The first kappa shape index (κ1) is 16.4. The maximum absolute atomic E-state index is 12.2. The molecule has 0 saturated heterocycles. The monoisotopic (exact) mass is 326 g/mol. The van der Waals surface area contributed by atoms with Crippen molar-refractivity contribution in [1.29, 1.82) is 0 Å². The van der Waals surface area contributed by atoms with Gasteiger partial charge >= 0.3 is 5.97 Å². The summed E-state index contributed by atoms with van der Waals surface area (Å²) in [6.45, 7) is 1.41. The Labute approximate surface area is 134 Å². The van der Waals surface area contributed by atoms with Gasteiger partial charge in [0.2, 0.25) is 0 Å². The van der Waals surface area contributed by atoms with Crippen molar-refractivity contribution in [3.63, 3.8) is 0 Å². The van der Waals surface area contributed by atoms with Crippen LogP contribution >= 0.6 is 23.4 Å². The van der Waals surface area contributed by atoms with Gasteiger partial charge < -0.3 is 5.11 Å². The fourth-order valence-corrected chi connectivity index (χ4v) is 4.90. The minimum Gasteiger partial charge on any atom is -0.480 e. The molecule has 1 aromatic carbocycles. The van der Waals surface area contributed by atoms with E-state index in [1.165, 1.54) is 6.92 Å². The van der Waals surface area contributed by atoms with Gasteiger partial charge in [0.25, 0.3) is 0 Å². The third kappa shape index (κ3) is 3.27. The summed E-state index contributed by atoms with van der Waals surface area (Å²) < 4.78 is -1.29. The summed E-state index contributed by atoms with van der Waals surface area (Å²) in [6, 6.07) is 9.01. The third-order valence-electron chi connectivity index (χ3n) is 4.03. The summed E-state index contributed by atoms with van der Waals surface area (Å²) in [5.41, 5.74) is 0.648. The van der Waals surface area contributed by atoms with Gasteiger partial charge in [-0.15, -0.1) is 11.6 Å². The van der Waals surface area contributed by atoms with Gasteiger partial charge in [0.1, 0.15) is 4.75 Å². The number of carbonyl (C=O) groups is 2. The number of carboxylic acids is 1. The Morgan fingerprint density at radius 3 is 2.38 bits per heavy atom. The van der Waals surface area contributed by atoms with Crippen LogP contribution in [-0.4, -0.2) is 21.6 Å². The SMILES string of the molecule is CC(=O)SC(C(=O)O)(c1ccccc1)C1CCCCC1Cl. The zero-order chi connectivity index (χ0) is 15.5. The molecule has 0 aliphatic heterocycles. The zero-order valence-electron chi connectivity index (χ0n) is 11.9. The van der Waals surface area contributed by atoms with Gasteiger partial charge in [-0.05, 0) is 18.4 Å². The maximum Gasteiger partial charge on any atom is 0.325 e. The van der Waals surface area contributed by atoms with E-state index < -0.39 is 10.7 Å². The lowest BCUT2D eigenvalue weighted by molar-refractivity contribution is -0.142. The van der Waals surface area contributed by atoms with Gasteiger partial charge in [0.15, 0.2) is 5.12 Å². The fraction of sp³-hybridized carbons (Fsp3) is 0.500. The lowest BCUT2D eigenvalue weighted by atomic mass is 9.75. The number of benzene rings is 1. The topological polar surface area (TPSA) is 54.4 Å². The Hall–Kier alpha value is -1.00. The number of hydrogen-bond donors (Lipinski definition) is 1.